The molecule has 4 aromatic rings. The number of aromatic hydroxyl groups is 1. The van der Waals surface area contributed by atoms with Gasteiger partial charge in [0.05, 0.1) is 5.60 Å². The van der Waals surface area contributed by atoms with E-state index in [-0.39, 0.29) is 24.2 Å². The molecule has 4 aromatic carbocycles. The highest BCUT2D eigenvalue weighted by molar-refractivity contribution is 6.05. The molecule has 3 fully saturated rings. The molecule has 55 heavy (non-hydrogen) atoms. The van der Waals surface area contributed by atoms with Crippen molar-refractivity contribution in [2.24, 2.45) is 0 Å². The van der Waals surface area contributed by atoms with Gasteiger partial charge in [-0.3, -0.25) is 24.6 Å². The number of anilines is 2. The van der Waals surface area contributed by atoms with Crippen LogP contribution in [0.15, 0.2) is 91.0 Å². The number of rotatable bonds is 7. The molecule has 0 saturated carbocycles. The number of piperazine rings is 1. The number of nitrogens with one attached hydrogen (secondary N) is 1. The lowest BCUT2D eigenvalue weighted by atomic mass is 9.69. The molecule has 3 amide bonds. The fourth-order valence-corrected chi connectivity index (χ4v) is 9.85. The minimum absolute atomic E-state index is 0.161. The molecule has 3 atom stereocenters. The molecule has 10 heteroatoms. The van der Waals surface area contributed by atoms with Crippen molar-refractivity contribution >= 4 is 29.1 Å². The van der Waals surface area contributed by atoms with Crippen molar-refractivity contribution in [1.82, 2.24) is 15.1 Å². The fraction of sp³-hybridized carbons (Fsp3) is 0.400. The zero-order valence-electron chi connectivity index (χ0n) is 31.2. The first kappa shape index (κ1) is 35.5. The van der Waals surface area contributed by atoms with Gasteiger partial charge in [-0.15, -0.1) is 0 Å². The molecule has 0 bridgehead atoms. The van der Waals surface area contributed by atoms with Crippen LogP contribution in [-0.2, 0) is 22.6 Å². The minimum atomic E-state index is -0.752. The Bertz CT molecular complexity index is 2090. The van der Waals surface area contributed by atoms with Crippen LogP contribution in [0.1, 0.15) is 82.1 Å². The number of hydrogen-bond acceptors (Lipinski definition) is 8. The van der Waals surface area contributed by atoms with Crippen LogP contribution in [0.5, 0.6) is 5.75 Å². The highest BCUT2D eigenvalue weighted by atomic mass is 16.3. The Labute approximate surface area is 322 Å². The maximum absolute atomic E-state index is 13.2. The Balaban J connectivity index is 0.795. The number of phenols is 1. The van der Waals surface area contributed by atoms with Gasteiger partial charge in [0.1, 0.15) is 11.8 Å². The summed E-state index contributed by atoms with van der Waals surface area (Å²) in [4.78, 5) is 46.0. The van der Waals surface area contributed by atoms with Crippen molar-refractivity contribution < 1.29 is 24.6 Å². The number of aryl methyl sites for hydroxylation is 1. The van der Waals surface area contributed by atoms with E-state index in [4.69, 9.17) is 0 Å². The van der Waals surface area contributed by atoms with Crippen LogP contribution < -0.4 is 15.1 Å². The van der Waals surface area contributed by atoms with Crippen LogP contribution in [0.2, 0.25) is 0 Å². The number of benzene rings is 4. The lowest BCUT2D eigenvalue weighted by molar-refractivity contribution is -0.136. The maximum Gasteiger partial charge on any atom is 0.255 e. The summed E-state index contributed by atoms with van der Waals surface area (Å²) in [6.07, 6.45) is 3.93. The van der Waals surface area contributed by atoms with E-state index < -0.39 is 17.6 Å². The van der Waals surface area contributed by atoms with Crippen LogP contribution in [0, 0.1) is 0 Å². The number of carbonyl (C=O) groups is 3. The molecule has 4 heterocycles. The second-order valence-corrected chi connectivity index (χ2v) is 16.2. The van der Waals surface area contributed by atoms with Gasteiger partial charge in [0.25, 0.3) is 5.91 Å². The van der Waals surface area contributed by atoms with Crippen molar-refractivity contribution in [2.75, 3.05) is 55.6 Å². The zero-order valence-corrected chi connectivity index (χ0v) is 31.2. The molecule has 10 nitrogen and oxygen atoms in total. The van der Waals surface area contributed by atoms with Gasteiger partial charge in [0.15, 0.2) is 0 Å². The molecule has 0 aromatic heterocycles. The van der Waals surface area contributed by atoms with E-state index in [2.05, 4.69) is 86.7 Å². The Morgan fingerprint density at radius 1 is 0.709 bits per heavy atom. The summed E-state index contributed by atoms with van der Waals surface area (Å²) >= 11 is 0. The number of nitrogens with zero attached hydrogens (tertiary/aromatic N) is 4. The van der Waals surface area contributed by atoms with Crippen molar-refractivity contribution in [1.29, 1.82) is 0 Å². The first-order valence-electron chi connectivity index (χ1n) is 19.9. The summed E-state index contributed by atoms with van der Waals surface area (Å²) < 4.78 is 0. The number of phenolic OH excluding ortho intramolecular Hbond substituents is 1. The Hall–Kier alpha value is -5.19. The summed E-state index contributed by atoms with van der Waals surface area (Å²) in [5.41, 5.74) is 8.24. The third-order valence-electron chi connectivity index (χ3n) is 12.9. The van der Waals surface area contributed by atoms with Crippen LogP contribution in [0.25, 0.3) is 0 Å². The van der Waals surface area contributed by atoms with Crippen molar-refractivity contribution in [3.05, 3.63) is 124 Å². The zero-order chi connectivity index (χ0) is 37.7. The van der Waals surface area contributed by atoms with Crippen molar-refractivity contribution in [3.63, 3.8) is 0 Å². The summed E-state index contributed by atoms with van der Waals surface area (Å²) in [6, 6.07) is 31.1. The van der Waals surface area contributed by atoms with Crippen LogP contribution >= 0.6 is 0 Å². The third kappa shape index (κ3) is 6.98. The predicted octanol–water partition coefficient (Wildman–Crippen LogP) is 5.17. The Morgan fingerprint density at radius 3 is 2.18 bits per heavy atom. The average molecular weight is 740 g/mol. The summed E-state index contributed by atoms with van der Waals surface area (Å²) in [6.45, 7) is 6.07. The van der Waals surface area contributed by atoms with Gasteiger partial charge >= 0.3 is 0 Å². The Morgan fingerprint density at radius 2 is 1.44 bits per heavy atom. The Kier molecular flexibility index (Phi) is 9.34. The molecule has 1 aliphatic carbocycles. The van der Waals surface area contributed by atoms with Gasteiger partial charge < -0.3 is 24.9 Å². The third-order valence-corrected chi connectivity index (χ3v) is 12.9. The molecule has 5 aliphatic rings. The smallest absolute Gasteiger partial charge is 0.255 e. The normalized spacial score (nSPS) is 24.1. The van der Waals surface area contributed by atoms with E-state index in [0.29, 0.717) is 49.6 Å². The summed E-state index contributed by atoms with van der Waals surface area (Å²) in [5, 5.41) is 24.3. The second-order valence-electron chi connectivity index (χ2n) is 16.2. The van der Waals surface area contributed by atoms with Crippen LogP contribution in [0.4, 0.5) is 11.4 Å². The molecule has 0 spiro atoms. The van der Waals surface area contributed by atoms with E-state index in [0.717, 1.165) is 63.4 Å². The SMILES string of the molecule is O=C1CCC(N2Cc3cc(N4CCC(O)(CN5CCN(c6ccc(C7c8ccc(O)cc8CCC7c7ccccc7)cc6)CC5)CC4)ccc3C2=O)C(=O)N1. The first-order chi connectivity index (χ1) is 26.7. The topological polar surface area (TPSA) is 117 Å². The quantitative estimate of drug-likeness (QED) is 0.223. The van der Waals surface area contributed by atoms with Crippen molar-refractivity contribution in [3.8, 4) is 5.75 Å². The number of fused-ring (bicyclic) bond motifs is 2. The lowest BCUT2D eigenvalue weighted by Crippen LogP contribution is -2.55. The van der Waals surface area contributed by atoms with E-state index in [1.165, 1.54) is 27.9 Å². The average Bonchev–Trinajstić information content (AvgIpc) is 3.53. The minimum Gasteiger partial charge on any atom is -0.508 e. The largest absolute Gasteiger partial charge is 0.508 e. The lowest BCUT2D eigenvalue weighted by Gasteiger charge is -2.44. The fourth-order valence-electron chi connectivity index (χ4n) is 9.85. The molecule has 4 aliphatic heterocycles. The number of carbonyl (C=O) groups excluding carboxylic acids is 3. The monoisotopic (exact) mass is 739 g/mol. The standard InChI is InChI=1S/C45H49N5O5/c51-36-12-15-38-32(27-36)8-13-37(30-4-2-1-3-5-30)42(38)31-6-9-34(10-7-31)49-24-22-47(23-25-49)29-45(55)18-20-48(21-19-45)35-11-14-39-33(26-35)28-50(44(39)54)40-16-17-41(52)46-43(40)53/h1-7,9-12,14-15,26-27,37,40,42,51,55H,8,13,16-25,28-29H2,(H,46,52,53). The number of β-amino-alcohol motifs (C(OH)–C–C–N with tert-alkyl or cyclic N) is 1. The van der Waals surface area contributed by atoms with Gasteiger partial charge in [0.2, 0.25) is 11.8 Å². The van der Waals surface area contributed by atoms with Gasteiger partial charge in [0, 0.05) is 81.6 Å². The van der Waals surface area contributed by atoms with Crippen LogP contribution in [0.3, 0.4) is 0 Å². The summed E-state index contributed by atoms with van der Waals surface area (Å²) in [5.74, 6) is 0.0937. The number of imide groups is 1. The number of hydrogen-bond donors (Lipinski definition) is 3. The molecular formula is C45H49N5O5. The molecule has 0 radical (unpaired) electrons. The molecule has 9 rings (SSSR count). The van der Waals surface area contributed by atoms with E-state index in [1.807, 2.05) is 24.3 Å². The molecule has 284 valence electrons. The number of amides is 3. The van der Waals surface area contributed by atoms with Gasteiger partial charge in [-0.25, -0.2) is 0 Å². The maximum atomic E-state index is 13.2. The van der Waals surface area contributed by atoms with Gasteiger partial charge in [-0.1, -0.05) is 48.5 Å². The van der Waals surface area contributed by atoms with E-state index >= 15 is 0 Å². The van der Waals surface area contributed by atoms with E-state index in [1.54, 1.807) is 4.90 Å². The number of piperidine rings is 2. The van der Waals surface area contributed by atoms with Gasteiger partial charge in [-0.05, 0) is 108 Å². The highest BCUT2D eigenvalue weighted by Gasteiger charge is 2.40. The highest BCUT2D eigenvalue weighted by Crippen LogP contribution is 2.47. The predicted molar refractivity (Wildman–Crippen MR) is 211 cm³/mol. The van der Waals surface area contributed by atoms with Crippen molar-refractivity contribution in [2.45, 2.75) is 68.5 Å². The summed E-state index contributed by atoms with van der Waals surface area (Å²) in [7, 11) is 0. The molecule has 3 N–H and O–H groups in total. The number of aliphatic hydroxyl groups is 1. The molecule has 3 saturated heterocycles. The second kappa shape index (κ2) is 14.5. The molecular weight excluding hydrogens is 691 g/mol. The molecule has 3 unspecified atom stereocenters. The first-order valence-corrected chi connectivity index (χ1v) is 19.9. The van der Waals surface area contributed by atoms with E-state index in [9.17, 15) is 24.6 Å². The van der Waals surface area contributed by atoms with Crippen LogP contribution in [-0.4, -0.2) is 95.2 Å². The van der Waals surface area contributed by atoms with Gasteiger partial charge in [-0.2, -0.15) is 0 Å².